The lowest BCUT2D eigenvalue weighted by Crippen LogP contribution is -2.37. The van der Waals surface area contributed by atoms with Crippen LogP contribution in [0.2, 0.25) is 19.6 Å². The Hall–Kier alpha value is -3.49. The highest BCUT2D eigenvalue weighted by Gasteiger charge is 2.18. The van der Waals surface area contributed by atoms with Gasteiger partial charge in [-0.3, -0.25) is 0 Å². The zero-order valence-electron chi connectivity index (χ0n) is 19.8. The first-order valence-electron chi connectivity index (χ1n) is 11.6. The van der Waals surface area contributed by atoms with E-state index < -0.39 is 8.07 Å². The zero-order valence-corrected chi connectivity index (χ0v) is 20.8. The highest BCUT2D eigenvalue weighted by molar-refractivity contribution is 6.88. The molecule has 0 fully saturated rings. The lowest BCUT2D eigenvalue weighted by atomic mass is 9.93. The summed E-state index contributed by atoms with van der Waals surface area (Å²) in [7, 11) is -1.40. The van der Waals surface area contributed by atoms with E-state index in [0.717, 1.165) is 16.8 Å². The van der Waals surface area contributed by atoms with Gasteiger partial charge in [0.15, 0.2) is 0 Å². The minimum Gasteiger partial charge on any atom is -0.247 e. The van der Waals surface area contributed by atoms with E-state index in [2.05, 4.69) is 130 Å². The Balaban J connectivity index is 1.71. The fourth-order valence-corrected chi connectivity index (χ4v) is 5.63. The third-order valence-corrected chi connectivity index (χ3v) is 8.39. The maximum Gasteiger partial charge on any atom is 0.0788 e. The summed E-state index contributed by atoms with van der Waals surface area (Å²) in [6, 6.07) is 37.1. The first kappa shape index (κ1) is 21.4. The normalized spacial score (nSPS) is 11.6. The fourth-order valence-electron chi connectivity index (χ4n) is 4.45. The number of benzene rings is 4. The van der Waals surface area contributed by atoms with Gasteiger partial charge in [0.05, 0.1) is 19.3 Å². The summed E-state index contributed by atoms with van der Waals surface area (Å²) < 4.78 is 0. The molecular formula is C31H29NSi. The second kappa shape index (κ2) is 8.46. The van der Waals surface area contributed by atoms with Gasteiger partial charge in [-0.15, -0.1) is 0 Å². The summed E-state index contributed by atoms with van der Waals surface area (Å²) in [4.78, 5) is 5.20. The summed E-state index contributed by atoms with van der Waals surface area (Å²) >= 11 is 0. The Morgan fingerprint density at radius 2 is 1.21 bits per heavy atom. The number of nitrogens with zero attached hydrogens (tertiary/aromatic N) is 1. The summed E-state index contributed by atoms with van der Waals surface area (Å²) in [5, 5.41) is 2.68. The van der Waals surface area contributed by atoms with Crippen LogP contribution < -0.4 is 5.19 Å². The Morgan fingerprint density at radius 3 is 1.82 bits per heavy atom. The molecule has 33 heavy (non-hydrogen) atoms. The summed E-state index contributed by atoms with van der Waals surface area (Å²) in [6.45, 7) is 9.37. The van der Waals surface area contributed by atoms with E-state index in [-0.39, 0.29) is 0 Å². The molecule has 162 valence electrons. The molecule has 0 spiro atoms. The van der Waals surface area contributed by atoms with Gasteiger partial charge in [-0.25, -0.2) is 4.98 Å². The van der Waals surface area contributed by atoms with Crippen molar-refractivity contribution in [2.24, 2.45) is 0 Å². The van der Waals surface area contributed by atoms with E-state index in [1.54, 1.807) is 0 Å². The highest BCUT2D eigenvalue weighted by atomic mass is 28.3. The number of aryl methyl sites for hydroxylation is 1. The van der Waals surface area contributed by atoms with Crippen molar-refractivity contribution in [3.8, 4) is 33.5 Å². The van der Waals surface area contributed by atoms with Crippen molar-refractivity contribution in [1.29, 1.82) is 0 Å². The van der Waals surface area contributed by atoms with Gasteiger partial charge >= 0.3 is 0 Å². The average Bonchev–Trinajstić information content (AvgIpc) is 2.83. The first-order valence-corrected chi connectivity index (χ1v) is 15.1. The van der Waals surface area contributed by atoms with Gasteiger partial charge in [0.25, 0.3) is 0 Å². The van der Waals surface area contributed by atoms with E-state index in [0.29, 0.717) is 0 Å². The SMILES string of the molecule is Cc1cc(-c2nc3ccc([Si](C)(C)C)cc3cc2-c2ccccc2)ccc1-c1ccccc1. The van der Waals surface area contributed by atoms with Crippen LogP contribution in [0.15, 0.2) is 103 Å². The number of hydrogen-bond donors (Lipinski definition) is 0. The van der Waals surface area contributed by atoms with E-state index in [1.807, 2.05) is 0 Å². The molecule has 0 saturated heterocycles. The monoisotopic (exact) mass is 443 g/mol. The van der Waals surface area contributed by atoms with E-state index >= 15 is 0 Å². The molecule has 0 aliphatic carbocycles. The molecule has 5 rings (SSSR count). The van der Waals surface area contributed by atoms with Crippen LogP contribution in [0.1, 0.15) is 5.56 Å². The predicted molar refractivity (Wildman–Crippen MR) is 146 cm³/mol. The molecule has 1 heterocycles. The minimum atomic E-state index is -1.40. The molecule has 0 atom stereocenters. The van der Waals surface area contributed by atoms with E-state index in [9.17, 15) is 0 Å². The lowest BCUT2D eigenvalue weighted by Gasteiger charge is -2.18. The van der Waals surface area contributed by atoms with Gasteiger partial charge in [0.1, 0.15) is 0 Å². The van der Waals surface area contributed by atoms with Gasteiger partial charge in [-0.1, -0.05) is 110 Å². The molecule has 2 heteroatoms. The molecule has 0 amide bonds. The standard InChI is InChI=1S/C31H29NSi/c1-22-19-25(15-17-28(22)23-11-7-5-8-12-23)31-29(24-13-9-6-10-14-24)21-26-20-27(33(2,3)4)16-18-30(26)32-31/h5-21H,1-4H3. The highest BCUT2D eigenvalue weighted by Crippen LogP contribution is 2.35. The van der Waals surface area contributed by atoms with Crippen LogP contribution in [0.4, 0.5) is 0 Å². The molecule has 0 unspecified atom stereocenters. The van der Waals surface area contributed by atoms with Gasteiger partial charge in [-0.05, 0) is 47.4 Å². The van der Waals surface area contributed by atoms with Gasteiger partial charge in [-0.2, -0.15) is 0 Å². The van der Waals surface area contributed by atoms with Crippen molar-refractivity contribution in [2.75, 3.05) is 0 Å². The first-order chi connectivity index (χ1) is 15.9. The molecule has 5 aromatic rings. The van der Waals surface area contributed by atoms with E-state index in [1.165, 1.54) is 38.4 Å². The van der Waals surface area contributed by atoms with Crippen LogP contribution in [-0.2, 0) is 0 Å². The molecule has 0 aliphatic heterocycles. The van der Waals surface area contributed by atoms with Crippen molar-refractivity contribution in [3.63, 3.8) is 0 Å². The Labute approximate surface area is 197 Å². The summed E-state index contributed by atoms with van der Waals surface area (Å²) in [5.41, 5.74) is 9.40. The molecule has 4 aromatic carbocycles. The number of pyridine rings is 1. The largest absolute Gasteiger partial charge is 0.247 e. The molecule has 0 radical (unpaired) electrons. The second-order valence-corrected chi connectivity index (χ2v) is 14.9. The quantitative estimate of drug-likeness (QED) is 0.256. The molecule has 0 saturated carbocycles. The summed E-state index contributed by atoms with van der Waals surface area (Å²) in [5.74, 6) is 0. The molecule has 1 aromatic heterocycles. The van der Waals surface area contributed by atoms with E-state index in [4.69, 9.17) is 4.98 Å². The van der Waals surface area contributed by atoms with Crippen molar-refractivity contribution < 1.29 is 0 Å². The Kier molecular flexibility index (Phi) is 5.47. The fraction of sp³-hybridized carbons (Fsp3) is 0.129. The van der Waals surface area contributed by atoms with Crippen LogP contribution in [0.3, 0.4) is 0 Å². The van der Waals surface area contributed by atoms with Gasteiger partial charge in [0, 0.05) is 16.5 Å². The number of fused-ring (bicyclic) bond motifs is 1. The van der Waals surface area contributed by atoms with Crippen molar-refractivity contribution >= 4 is 24.2 Å². The predicted octanol–water partition coefficient (Wildman–Crippen LogP) is 8.09. The topological polar surface area (TPSA) is 12.9 Å². The third kappa shape index (κ3) is 4.27. The number of hydrogen-bond acceptors (Lipinski definition) is 1. The van der Waals surface area contributed by atoms with Crippen LogP contribution in [0.25, 0.3) is 44.4 Å². The van der Waals surface area contributed by atoms with Crippen LogP contribution in [-0.4, -0.2) is 13.1 Å². The van der Waals surface area contributed by atoms with Crippen molar-refractivity contribution in [3.05, 3.63) is 109 Å². The van der Waals surface area contributed by atoms with Crippen LogP contribution in [0.5, 0.6) is 0 Å². The van der Waals surface area contributed by atoms with Crippen LogP contribution >= 0.6 is 0 Å². The Morgan fingerprint density at radius 1 is 0.576 bits per heavy atom. The van der Waals surface area contributed by atoms with Crippen molar-refractivity contribution in [2.45, 2.75) is 26.6 Å². The van der Waals surface area contributed by atoms with Crippen molar-refractivity contribution in [1.82, 2.24) is 4.98 Å². The molecular weight excluding hydrogens is 414 g/mol. The molecule has 0 aliphatic rings. The maximum absolute atomic E-state index is 5.20. The van der Waals surface area contributed by atoms with Gasteiger partial charge < -0.3 is 0 Å². The summed E-state index contributed by atoms with van der Waals surface area (Å²) in [6.07, 6.45) is 0. The molecule has 0 bridgehead atoms. The second-order valence-electron chi connectivity index (χ2n) is 9.80. The smallest absolute Gasteiger partial charge is 0.0788 e. The van der Waals surface area contributed by atoms with Crippen LogP contribution in [0, 0.1) is 6.92 Å². The lowest BCUT2D eigenvalue weighted by molar-refractivity contribution is 1.37. The molecule has 1 nitrogen and oxygen atoms in total. The molecule has 0 N–H and O–H groups in total. The zero-order chi connectivity index (χ0) is 23.0. The average molecular weight is 444 g/mol. The minimum absolute atomic E-state index is 1.04. The van der Waals surface area contributed by atoms with Gasteiger partial charge in [0.2, 0.25) is 0 Å². The maximum atomic E-state index is 5.20. The number of aromatic nitrogens is 1. The third-order valence-electron chi connectivity index (χ3n) is 6.35. The number of rotatable bonds is 4. The Bertz CT molecular complexity index is 1430.